The average molecular weight is 134 g/mol. The lowest BCUT2D eigenvalue weighted by molar-refractivity contribution is -0.388. The van der Waals surface area contributed by atoms with Gasteiger partial charge in [0.15, 0.2) is 5.28 Å². The van der Waals surface area contributed by atoms with Crippen molar-refractivity contribution in [1.29, 1.82) is 0 Å². The summed E-state index contributed by atoms with van der Waals surface area (Å²) in [5, 5.41) is 10.3. The van der Waals surface area contributed by atoms with Crippen molar-refractivity contribution in [3.05, 3.63) is 0 Å². The minimum atomic E-state index is -0.387. The Labute approximate surface area is 52.3 Å². The molecule has 5 heteroatoms. The molecule has 0 atom stereocenters. The van der Waals surface area contributed by atoms with Crippen molar-refractivity contribution in [1.82, 2.24) is 0 Å². The van der Waals surface area contributed by atoms with E-state index in [2.05, 4.69) is 18.1 Å². The normalized spacial score (nSPS) is 11.4. The summed E-state index contributed by atoms with van der Waals surface area (Å²) in [7, 11) is 0. The monoisotopic (exact) mass is 134 g/mol. The fourth-order valence-corrected chi connectivity index (χ4v) is 0.314. The van der Waals surface area contributed by atoms with Gasteiger partial charge in [0, 0.05) is 0 Å². The topological polar surface area (TPSA) is 52.7 Å². The lowest BCUT2D eigenvalue weighted by atomic mass is 10.5. The summed E-state index contributed by atoms with van der Waals surface area (Å²) >= 11 is 4.23. The Bertz CT molecular complexity index is 122. The molecule has 0 aliphatic rings. The predicted octanol–water partition coefficient (Wildman–Crippen LogP) is 0.239. The number of rotatable bonds is 1. The maximum absolute atomic E-state index is 10.3. The summed E-state index contributed by atoms with van der Waals surface area (Å²) in [6.07, 6.45) is 0.258. The highest BCUT2D eigenvalue weighted by Gasteiger charge is 2.03. The van der Waals surface area contributed by atoms with Crippen LogP contribution in [-0.2, 0) is 17.6 Å². The van der Waals surface area contributed by atoms with Gasteiger partial charge in [-0.05, 0) is 0 Å². The second-order valence-electron chi connectivity index (χ2n) is 1.11. The molecule has 0 aromatic heterocycles. The Balaban J connectivity index is 3.83. The molecule has 46 valence electrons. The van der Waals surface area contributed by atoms with Crippen molar-refractivity contribution in [3.63, 3.8) is 0 Å². The van der Waals surface area contributed by atoms with E-state index in [9.17, 15) is 4.79 Å². The third-order valence-electron chi connectivity index (χ3n) is 0.597. The first-order valence-corrected chi connectivity index (χ1v) is 2.44. The number of hydrogen-bond donors (Lipinski definition) is 1. The third-order valence-corrected chi connectivity index (χ3v) is 0.874. The zero-order valence-electron chi connectivity index (χ0n) is 4.37. The average Bonchev–Trinajstić information content (AvgIpc) is 1.84. The van der Waals surface area contributed by atoms with Crippen LogP contribution in [0, 0.1) is 0 Å². The van der Waals surface area contributed by atoms with Crippen LogP contribution < -0.4 is 0 Å². The molecular weight excluding hydrogens is 128 g/mol. The molecule has 0 rings (SSSR count). The SMILES string of the molecule is CCC(=O)[N+]([S-])=NO. The Morgan fingerprint density at radius 1 is 2.00 bits per heavy atom. The van der Waals surface area contributed by atoms with Crippen LogP contribution >= 0.6 is 0 Å². The van der Waals surface area contributed by atoms with Gasteiger partial charge in [-0.3, -0.25) is 0 Å². The van der Waals surface area contributed by atoms with Crippen molar-refractivity contribution in [2.24, 2.45) is 5.28 Å². The lowest BCUT2D eigenvalue weighted by Crippen LogP contribution is -2.10. The molecule has 0 saturated carbocycles. The van der Waals surface area contributed by atoms with E-state index in [0.29, 0.717) is 4.10 Å². The largest absolute Gasteiger partial charge is 0.398 e. The molecule has 8 heavy (non-hydrogen) atoms. The van der Waals surface area contributed by atoms with Crippen LogP contribution in [0.1, 0.15) is 13.3 Å². The smallest absolute Gasteiger partial charge is 0.386 e. The number of carbonyl (C=O) groups excluding carboxylic acids is 1. The van der Waals surface area contributed by atoms with Gasteiger partial charge in [0.1, 0.15) is 0 Å². The molecule has 0 spiro atoms. The van der Waals surface area contributed by atoms with E-state index < -0.39 is 0 Å². The highest BCUT2D eigenvalue weighted by molar-refractivity contribution is 7.51. The fraction of sp³-hybridized carbons (Fsp3) is 0.667. The maximum atomic E-state index is 10.3. The summed E-state index contributed by atoms with van der Waals surface area (Å²) < 4.78 is 0.472. The number of carbonyl (C=O) groups is 1. The molecule has 0 saturated heterocycles. The highest BCUT2D eigenvalue weighted by Crippen LogP contribution is 1.80. The van der Waals surface area contributed by atoms with Crippen molar-refractivity contribution < 1.29 is 14.1 Å². The van der Waals surface area contributed by atoms with E-state index in [1.807, 2.05) is 0 Å². The van der Waals surface area contributed by atoms with Gasteiger partial charge in [0.05, 0.1) is 6.42 Å². The first-order chi connectivity index (χ1) is 3.72. The second-order valence-corrected chi connectivity index (χ2v) is 1.46. The maximum Gasteiger partial charge on any atom is 0.398 e. The first-order valence-electron chi connectivity index (χ1n) is 2.07. The molecule has 0 aliphatic carbocycles. The highest BCUT2D eigenvalue weighted by atomic mass is 32.1. The van der Waals surface area contributed by atoms with Crippen molar-refractivity contribution in [2.75, 3.05) is 0 Å². The number of amides is 1. The Kier molecular flexibility index (Phi) is 3.02. The van der Waals surface area contributed by atoms with E-state index in [1.165, 1.54) is 0 Å². The van der Waals surface area contributed by atoms with Crippen LogP contribution in [0.2, 0.25) is 0 Å². The molecule has 0 heterocycles. The van der Waals surface area contributed by atoms with E-state index in [-0.39, 0.29) is 12.3 Å². The Hall–Kier alpha value is -0.710. The van der Waals surface area contributed by atoms with Gasteiger partial charge in [0.25, 0.3) is 0 Å². The minimum absolute atomic E-state index is 0.258. The Morgan fingerprint density at radius 2 is 2.50 bits per heavy atom. The third kappa shape index (κ3) is 1.83. The zero-order chi connectivity index (χ0) is 6.57. The standard InChI is InChI=1S/C3H6N2O2S/c1-2-3(6)5(8)4-7/h7H,2H2,1H3. The van der Waals surface area contributed by atoms with E-state index >= 15 is 0 Å². The molecule has 0 radical (unpaired) electrons. The van der Waals surface area contributed by atoms with E-state index in [1.54, 1.807) is 6.92 Å². The van der Waals surface area contributed by atoms with Gasteiger partial charge in [-0.25, -0.2) is 4.79 Å². The minimum Gasteiger partial charge on any atom is -0.386 e. The van der Waals surface area contributed by atoms with E-state index in [4.69, 9.17) is 5.21 Å². The molecule has 0 fully saturated rings. The van der Waals surface area contributed by atoms with E-state index in [0.717, 1.165) is 0 Å². The molecule has 0 bridgehead atoms. The molecular formula is C3H6N2O2S. The summed E-state index contributed by atoms with van der Waals surface area (Å²) in [6.45, 7) is 1.63. The van der Waals surface area contributed by atoms with Crippen LogP contribution in [-0.4, -0.2) is 15.2 Å². The summed E-state index contributed by atoms with van der Waals surface area (Å²) in [5.74, 6) is -0.387. The molecule has 0 unspecified atom stereocenters. The van der Waals surface area contributed by atoms with Gasteiger partial charge in [-0.15, -0.1) is 4.10 Å². The number of hydrogen-bond acceptors (Lipinski definition) is 3. The van der Waals surface area contributed by atoms with Crippen LogP contribution in [0.3, 0.4) is 0 Å². The van der Waals surface area contributed by atoms with Crippen LogP contribution in [0.5, 0.6) is 0 Å². The van der Waals surface area contributed by atoms with Crippen LogP contribution in [0.4, 0.5) is 0 Å². The van der Waals surface area contributed by atoms with Crippen molar-refractivity contribution >= 4 is 18.7 Å². The number of nitrogens with zero attached hydrogens (tertiary/aromatic N) is 2. The van der Waals surface area contributed by atoms with Crippen molar-refractivity contribution in [2.45, 2.75) is 13.3 Å². The second kappa shape index (κ2) is 3.31. The van der Waals surface area contributed by atoms with Gasteiger partial charge < -0.3 is 18.0 Å². The fourth-order valence-electron chi connectivity index (χ4n) is 0.185. The Morgan fingerprint density at radius 3 is 2.62 bits per heavy atom. The summed E-state index contributed by atoms with van der Waals surface area (Å²) in [6, 6.07) is 0. The zero-order valence-corrected chi connectivity index (χ0v) is 5.18. The van der Waals surface area contributed by atoms with Gasteiger partial charge in [-0.2, -0.15) is 0 Å². The van der Waals surface area contributed by atoms with Gasteiger partial charge in [-0.1, -0.05) is 6.92 Å². The van der Waals surface area contributed by atoms with Gasteiger partial charge >= 0.3 is 5.91 Å². The predicted molar refractivity (Wildman–Crippen MR) is 27.1 cm³/mol. The molecule has 0 aliphatic heterocycles. The van der Waals surface area contributed by atoms with Gasteiger partial charge in [0.2, 0.25) is 0 Å². The van der Waals surface area contributed by atoms with Crippen LogP contribution in [0.15, 0.2) is 5.28 Å². The molecule has 1 N–H and O–H groups in total. The van der Waals surface area contributed by atoms with Crippen molar-refractivity contribution in [3.8, 4) is 0 Å². The molecule has 0 aromatic carbocycles. The van der Waals surface area contributed by atoms with Crippen LogP contribution in [0.25, 0.3) is 0 Å². The molecule has 1 amide bonds. The summed E-state index contributed by atoms with van der Waals surface area (Å²) in [4.78, 5) is 10.3. The molecule has 4 nitrogen and oxygen atoms in total. The molecule has 0 aromatic rings. The first kappa shape index (κ1) is 7.29. The quantitative estimate of drug-likeness (QED) is 0.242. The lowest BCUT2D eigenvalue weighted by Gasteiger charge is -1.90. The summed E-state index contributed by atoms with van der Waals surface area (Å²) in [5.41, 5.74) is 0.